The molecule has 0 aromatic carbocycles. The molecule has 0 spiro atoms. The van der Waals surface area contributed by atoms with Crippen LogP contribution < -0.4 is 0 Å². The van der Waals surface area contributed by atoms with Gasteiger partial charge in [0.25, 0.3) is 0 Å². The molecular weight excluding hydrogens is 1590 g/mol. The summed E-state index contributed by atoms with van der Waals surface area (Å²) in [5.41, 5.74) is 0. The summed E-state index contributed by atoms with van der Waals surface area (Å²) in [6, 6.07) is 8.79. The van der Waals surface area contributed by atoms with Crippen LogP contribution in [0.4, 0.5) is 0 Å². The fourth-order valence-corrected chi connectivity index (χ4v) is 46.2. The maximum atomic E-state index is 9.76. The van der Waals surface area contributed by atoms with Crippen molar-refractivity contribution in [2.45, 2.75) is 418 Å². The lowest BCUT2D eigenvalue weighted by Crippen LogP contribution is -2.88. The maximum absolute atomic E-state index is 9.76. The van der Waals surface area contributed by atoms with Gasteiger partial charge in [-0.1, -0.05) is 267 Å². The third-order valence-corrected chi connectivity index (χ3v) is 59.1. The summed E-state index contributed by atoms with van der Waals surface area (Å²) in [5.74, 6) is 7.49. The largest absolute Gasteiger partial charge is 0.497 e. The molecule has 112 heavy (non-hydrogen) atoms. The molecule has 2 unspecified atom stereocenters. The molecule has 4 saturated heterocycles. The molecule has 2 atom stereocenters. The first-order chi connectivity index (χ1) is 52.7. The molecule has 20 nitrogen and oxygen atoms in total. The SMILES string of the molecule is CCC(CC)CC[Si](C)(OC)OC.CCC(CC)CC[Si](C)(OC)O[Si](C)(CCC(CC)CC)OC.CCC(CC)CC[Si](O)(O)O.CCC(CC)CC[Si](O)(O)OC.CCC(CC)CC[Si](O)(OC)OC.CCC(CC)CC[Si]1(C)O[Si](CCC(CC)CC)(OC)O1.CCC(CC)CC[Si]12O[Si](CCC(CC)CC)(O1)O2. The molecule has 4 aliphatic heterocycles. The van der Waals surface area contributed by atoms with E-state index in [0.717, 1.165) is 142 Å². The average molecular weight is 1780 g/mol. The molecule has 0 saturated carbocycles. The van der Waals surface area contributed by atoms with Crippen LogP contribution in [0.25, 0.3) is 0 Å². The Morgan fingerprint density at radius 2 is 0.491 bits per heavy atom. The lowest BCUT2D eigenvalue weighted by Gasteiger charge is -2.63. The van der Waals surface area contributed by atoms with Crippen LogP contribution in [0, 0.1) is 59.2 Å². The number of rotatable bonds is 60. The Morgan fingerprint density at radius 3 is 0.732 bits per heavy atom. The smallest absolute Gasteiger partial charge is 0.415 e. The van der Waals surface area contributed by atoms with Gasteiger partial charge in [0.2, 0.25) is 0 Å². The highest BCUT2D eigenvalue weighted by molar-refractivity contribution is 7.01. The van der Waals surface area contributed by atoms with Gasteiger partial charge < -0.3 is 88.9 Å². The highest BCUT2D eigenvalue weighted by Crippen LogP contribution is 2.53. The molecule has 0 aromatic rings. The molecule has 0 aliphatic carbocycles. The van der Waals surface area contributed by atoms with Gasteiger partial charge in [-0.3, -0.25) is 0 Å². The van der Waals surface area contributed by atoms with Crippen LogP contribution in [-0.4, -0.2) is 173 Å². The molecule has 30 heteroatoms. The van der Waals surface area contributed by atoms with Gasteiger partial charge in [0.1, 0.15) is 0 Å². The lowest BCUT2D eigenvalue weighted by molar-refractivity contribution is -0.0366. The Bertz CT molecular complexity index is 2000. The van der Waals surface area contributed by atoms with E-state index in [4.69, 9.17) is 70.1 Å². The van der Waals surface area contributed by atoms with Crippen molar-refractivity contribution in [2.24, 2.45) is 59.2 Å². The Balaban J connectivity index is -0.000000618. The van der Waals surface area contributed by atoms with E-state index >= 15 is 0 Å². The summed E-state index contributed by atoms with van der Waals surface area (Å²) in [4.78, 5) is 54.4. The molecular formula is C82H192O20Si10. The van der Waals surface area contributed by atoms with Crippen LogP contribution in [0.5, 0.6) is 0 Å². The first-order valence-corrected chi connectivity index (χ1v) is 67.5. The first-order valence-electron chi connectivity index (χ1n) is 45.6. The van der Waals surface area contributed by atoms with Crippen molar-refractivity contribution >= 4 is 87.1 Å². The van der Waals surface area contributed by atoms with Crippen LogP contribution in [0.1, 0.15) is 331 Å². The molecule has 0 amide bonds. The summed E-state index contributed by atoms with van der Waals surface area (Å²) >= 11 is 0. The predicted octanol–water partition coefficient (Wildman–Crippen LogP) is 23.4. The van der Waals surface area contributed by atoms with Crippen molar-refractivity contribution in [3.8, 4) is 0 Å². The standard InChI is InChI=1S/C18H42O3Si2.C16H36O3Si2.C14H30O3Si2.C10H24O2Si.C9H22O3Si.C8H20O3Si.C7H18O3Si/c1-9-17(10-2)13-15-22(7,19-5)21-23(8,20-6)16-14-18(11-3)12-4;1-7-15(8-2)11-13-20(6)18-21(17-5,19-20)14-12-16(9-3)10-4;1-5-13(6-2)9-11-18-15-19(16-18,17-18)12-10-14(7-3)8-4;1-6-10(7-2)8-9-13(5,11-3)12-4;1-5-9(6-2)7-8-13(10,11-3)12-4;1-4-8(5-2)6-7-12(9,10)11-3;1-3-7(4-2)5-6-11(8,9)10/h17-18H,9-16H2,1-8H3;15-16H,7-14H2,1-6H3;13-14H,5-12H2,1-4H3;10H,6-9H2,1-5H3;9-10H,5-8H2,1-4H3;8-10H,4-7H2,1-3H3;7-10H,3-6H2,1-2H3. The van der Waals surface area contributed by atoms with Crippen LogP contribution in [0.2, 0.25) is 86.6 Å². The Kier molecular flexibility index (Phi) is 70.5. The highest BCUT2D eigenvalue weighted by atomic mass is 28.6. The van der Waals surface area contributed by atoms with E-state index in [1.165, 1.54) is 156 Å². The molecule has 4 fully saturated rings. The van der Waals surface area contributed by atoms with E-state index in [1.54, 1.807) is 21.3 Å². The third kappa shape index (κ3) is 52.1. The van der Waals surface area contributed by atoms with E-state index in [0.29, 0.717) is 29.8 Å². The van der Waals surface area contributed by atoms with Crippen molar-refractivity contribution in [1.29, 1.82) is 0 Å². The second kappa shape index (κ2) is 66.0. The minimum Gasteiger partial charge on any atom is -0.415 e. The quantitative estimate of drug-likeness (QED) is 0.0310. The summed E-state index contributed by atoms with van der Waals surface area (Å²) in [6.45, 7) is 53.4. The topological polar surface area (TPSA) is 251 Å². The van der Waals surface area contributed by atoms with Crippen LogP contribution in [-0.2, 0) is 60.1 Å². The van der Waals surface area contributed by atoms with E-state index in [-0.39, 0.29) is 6.04 Å². The van der Waals surface area contributed by atoms with E-state index < -0.39 is 87.1 Å². The monoisotopic (exact) mass is 1780 g/mol. The fourth-order valence-electron chi connectivity index (χ4n) is 14.8. The Morgan fingerprint density at radius 1 is 0.259 bits per heavy atom. The fraction of sp³-hybridized carbons (Fsp3) is 1.00. The summed E-state index contributed by atoms with van der Waals surface area (Å²) in [6.07, 6.45) is 35.3. The summed E-state index contributed by atoms with van der Waals surface area (Å²) < 4.78 is 80.8. The Labute approximate surface area is 705 Å². The van der Waals surface area contributed by atoms with Crippen LogP contribution >= 0.6 is 0 Å². The second-order valence-corrected chi connectivity index (χ2v) is 64.1. The predicted molar refractivity (Wildman–Crippen MR) is 492 cm³/mol. The minimum absolute atomic E-state index is 0.180. The first kappa shape index (κ1) is 120. The van der Waals surface area contributed by atoms with Crippen LogP contribution in [0.15, 0.2) is 0 Å². The number of hydrogen-bond acceptors (Lipinski definition) is 20. The van der Waals surface area contributed by atoms with Gasteiger partial charge in [0.05, 0.1) is 0 Å². The zero-order chi connectivity index (χ0) is 87.0. The van der Waals surface area contributed by atoms with Crippen molar-refractivity contribution < 1.29 is 88.9 Å². The van der Waals surface area contributed by atoms with Crippen molar-refractivity contribution in [2.75, 3.05) is 56.9 Å². The molecule has 6 N–H and O–H groups in total. The summed E-state index contributed by atoms with van der Waals surface area (Å²) in [7, 11) is -10.8. The normalized spacial score (nSPS) is 20.0. The van der Waals surface area contributed by atoms with E-state index in [9.17, 15) is 14.4 Å². The Hall–Kier alpha value is 1.37. The van der Waals surface area contributed by atoms with Crippen LogP contribution in [0.3, 0.4) is 0 Å². The van der Waals surface area contributed by atoms with Gasteiger partial charge in [0, 0.05) is 93.1 Å². The van der Waals surface area contributed by atoms with Gasteiger partial charge in [0.15, 0.2) is 0 Å². The molecule has 2 bridgehead atoms. The number of hydrogen-bond donors (Lipinski definition) is 6. The molecule has 4 aliphatic rings. The van der Waals surface area contributed by atoms with E-state index in [1.807, 2.05) is 14.2 Å². The zero-order valence-electron chi connectivity index (χ0n) is 79.5. The van der Waals surface area contributed by atoms with Gasteiger partial charge in [-0.05, 0) is 174 Å². The second-order valence-electron chi connectivity index (χ2n) is 33.3. The lowest BCUT2D eigenvalue weighted by atomic mass is 10.0. The average Bonchev–Trinajstić information content (AvgIpc) is 0.686. The highest BCUT2D eigenvalue weighted by Gasteiger charge is 2.80. The minimum atomic E-state index is -3.75. The van der Waals surface area contributed by atoms with Gasteiger partial charge in [-0.25, -0.2) is 0 Å². The molecule has 4 rings (SSSR count). The molecule has 0 radical (unpaired) electrons. The zero-order valence-corrected chi connectivity index (χ0v) is 89.5. The van der Waals surface area contributed by atoms with Gasteiger partial charge in [-0.15, -0.1) is 0 Å². The maximum Gasteiger partial charge on any atom is 0.497 e. The summed E-state index contributed by atoms with van der Waals surface area (Å²) in [5, 5.41) is 0. The van der Waals surface area contributed by atoms with Crippen molar-refractivity contribution in [3.05, 3.63) is 0 Å². The molecule has 680 valence electrons. The van der Waals surface area contributed by atoms with Crippen molar-refractivity contribution in [3.63, 3.8) is 0 Å². The molecule has 0 aromatic heterocycles. The van der Waals surface area contributed by atoms with E-state index in [2.05, 4.69) is 169 Å². The third-order valence-electron chi connectivity index (χ3n) is 25.9. The van der Waals surface area contributed by atoms with Gasteiger partial charge >= 0.3 is 87.1 Å². The van der Waals surface area contributed by atoms with Gasteiger partial charge in [-0.2, -0.15) is 0 Å². The van der Waals surface area contributed by atoms with Crippen molar-refractivity contribution in [1.82, 2.24) is 0 Å². The molecule has 4 heterocycles.